The summed E-state index contributed by atoms with van der Waals surface area (Å²) >= 11 is 17.8. The summed E-state index contributed by atoms with van der Waals surface area (Å²) in [5.41, 5.74) is 2.70. The number of halogens is 3. The minimum absolute atomic E-state index is 0.140. The van der Waals surface area contributed by atoms with Crippen LogP contribution in [0.25, 0.3) is 0 Å². The lowest BCUT2D eigenvalue weighted by Crippen LogP contribution is -2.50. The molecule has 0 aliphatic rings. The molecule has 3 aromatic carbocycles. The molecule has 0 aliphatic heterocycles. The topological polar surface area (TPSA) is 49.4 Å². The number of rotatable bonds is 10. The van der Waals surface area contributed by atoms with Gasteiger partial charge in [0.2, 0.25) is 11.8 Å². The summed E-state index contributed by atoms with van der Waals surface area (Å²) < 4.78 is 1.01. The van der Waals surface area contributed by atoms with E-state index in [2.05, 4.69) is 21.2 Å². The van der Waals surface area contributed by atoms with Gasteiger partial charge >= 0.3 is 0 Å². The minimum atomic E-state index is -0.708. The Labute approximate surface area is 223 Å². The van der Waals surface area contributed by atoms with E-state index in [9.17, 15) is 9.59 Å². The molecule has 0 aromatic heterocycles. The third-order valence-electron chi connectivity index (χ3n) is 5.32. The van der Waals surface area contributed by atoms with E-state index in [4.69, 9.17) is 23.2 Å². The van der Waals surface area contributed by atoms with Crippen LogP contribution in [0.2, 0.25) is 10.0 Å². The van der Waals surface area contributed by atoms with Gasteiger partial charge in [-0.2, -0.15) is 0 Å². The van der Waals surface area contributed by atoms with Crippen molar-refractivity contribution in [2.45, 2.75) is 24.8 Å². The highest BCUT2D eigenvalue weighted by Crippen LogP contribution is 2.28. The molecule has 0 spiro atoms. The fourth-order valence-corrected chi connectivity index (χ4v) is 5.15. The normalized spacial score (nSPS) is 11.6. The Kier molecular flexibility index (Phi) is 10.3. The second-order valence-corrected chi connectivity index (χ2v) is 10.4. The molecule has 178 valence electrons. The zero-order valence-electron chi connectivity index (χ0n) is 18.6. The maximum atomic E-state index is 13.5. The van der Waals surface area contributed by atoms with Crippen LogP contribution in [0.5, 0.6) is 0 Å². The van der Waals surface area contributed by atoms with Gasteiger partial charge in [0.05, 0.1) is 5.75 Å². The van der Waals surface area contributed by atoms with E-state index in [-0.39, 0.29) is 24.1 Å². The van der Waals surface area contributed by atoms with Crippen molar-refractivity contribution in [2.24, 2.45) is 0 Å². The molecule has 0 heterocycles. The zero-order chi connectivity index (χ0) is 24.5. The molecule has 0 saturated heterocycles. The second-order valence-electron chi connectivity index (χ2n) is 7.66. The fourth-order valence-electron chi connectivity index (χ4n) is 3.49. The second kappa shape index (κ2) is 13.2. The lowest BCUT2D eigenvalue weighted by atomic mass is 10.0. The van der Waals surface area contributed by atoms with Crippen molar-refractivity contribution in [1.82, 2.24) is 10.2 Å². The van der Waals surface area contributed by atoms with Crippen LogP contribution >= 0.6 is 50.9 Å². The molecule has 34 heavy (non-hydrogen) atoms. The van der Waals surface area contributed by atoms with Crippen LogP contribution in [0.1, 0.15) is 16.7 Å². The maximum Gasteiger partial charge on any atom is 0.242 e. The average Bonchev–Trinajstić information content (AvgIpc) is 2.84. The Morgan fingerprint density at radius 3 is 2.21 bits per heavy atom. The highest BCUT2D eigenvalue weighted by Gasteiger charge is 2.30. The van der Waals surface area contributed by atoms with Crippen LogP contribution in [0.15, 0.2) is 77.3 Å². The van der Waals surface area contributed by atoms with Gasteiger partial charge in [0.1, 0.15) is 6.04 Å². The number of carbonyl (C=O) groups excluding carboxylic acids is 2. The molecule has 8 heteroatoms. The smallest absolute Gasteiger partial charge is 0.242 e. The lowest BCUT2D eigenvalue weighted by molar-refractivity contribution is -0.139. The number of thioether (sulfide) groups is 1. The maximum absolute atomic E-state index is 13.5. The Morgan fingerprint density at radius 2 is 1.59 bits per heavy atom. The summed E-state index contributed by atoms with van der Waals surface area (Å²) in [6.07, 6.45) is 0.381. The van der Waals surface area contributed by atoms with Gasteiger partial charge < -0.3 is 10.2 Å². The summed E-state index contributed by atoms with van der Waals surface area (Å²) in [5, 5.41) is 3.64. The summed E-state index contributed by atoms with van der Waals surface area (Å²) in [6.45, 7) is 0.140. The molecule has 0 radical (unpaired) electrons. The van der Waals surface area contributed by atoms with Gasteiger partial charge in [-0.15, -0.1) is 11.8 Å². The Bertz CT molecular complexity index is 1090. The van der Waals surface area contributed by atoms with Gasteiger partial charge in [0, 0.05) is 45.8 Å². The highest BCUT2D eigenvalue weighted by atomic mass is 79.9. The number of benzene rings is 3. The molecule has 0 saturated carbocycles. The SMILES string of the molecule is CNC(=O)C(Cc1ccccc1)N(Cc1c(Cl)cccc1Cl)C(=O)CSCc1ccc(Br)cc1. The summed E-state index contributed by atoms with van der Waals surface area (Å²) in [6, 6.07) is 22.2. The van der Waals surface area contributed by atoms with Gasteiger partial charge in [-0.3, -0.25) is 9.59 Å². The molecule has 2 amide bonds. The first kappa shape index (κ1) is 26.6. The molecule has 1 N–H and O–H groups in total. The third-order valence-corrected chi connectivity index (χ3v) is 7.54. The number of amides is 2. The van der Waals surface area contributed by atoms with E-state index < -0.39 is 6.04 Å². The van der Waals surface area contributed by atoms with Crippen LogP contribution < -0.4 is 5.32 Å². The molecule has 0 fully saturated rings. The molecule has 3 rings (SSSR count). The van der Waals surface area contributed by atoms with Crippen molar-refractivity contribution in [1.29, 1.82) is 0 Å². The summed E-state index contributed by atoms with van der Waals surface area (Å²) in [4.78, 5) is 28.1. The van der Waals surface area contributed by atoms with Crippen LogP contribution in [-0.2, 0) is 28.3 Å². The van der Waals surface area contributed by atoms with Crippen LogP contribution in [-0.4, -0.2) is 35.6 Å². The van der Waals surface area contributed by atoms with Gasteiger partial charge in [-0.05, 0) is 35.4 Å². The third kappa shape index (κ3) is 7.51. The Balaban J connectivity index is 1.85. The molecule has 1 atom stereocenters. The van der Waals surface area contributed by atoms with Crippen molar-refractivity contribution < 1.29 is 9.59 Å². The van der Waals surface area contributed by atoms with E-state index >= 15 is 0 Å². The predicted octanol–water partition coefficient (Wildman–Crippen LogP) is 6.38. The number of carbonyl (C=O) groups is 2. The monoisotopic (exact) mass is 578 g/mol. The molecule has 4 nitrogen and oxygen atoms in total. The van der Waals surface area contributed by atoms with E-state index in [0.717, 1.165) is 15.6 Å². The van der Waals surface area contributed by atoms with Crippen LogP contribution in [0.3, 0.4) is 0 Å². The Hall–Kier alpha value is -1.99. The van der Waals surface area contributed by atoms with E-state index in [1.54, 1.807) is 30.1 Å². The predicted molar refractivity (Wildman–Crippen MR) is 145 cm³/mol. The molecule has 1 unspecified atom stereocenters. The van der Waals surface area contributed by atoms with Crippen molar-refractivity contribution in [2.75, 3.05) is 12.8 Å². The largest absolute Gasteiger partial charge is 0.357 e. The number of nitrogens with zero attached hydrogens (tertiary/aromatic N) is 1. The standard InChI is InChI=1S/C26H25BrCl2N2O2S/c1-30-26(33)24(14-18-6-3-2-4-7-18)31(15-21-22(28)8-5-9-23(21)29)25(32)17-34-16-19-10-12-20(27)13-11-19/h2-13,24H,14-17H2,1H3,(H,30,33). The molecule has 0 bridgehead atoms. The highest BCUT2D eigenvalue weighted by molar-refractivity contribution is 9.10. The first-order valence-electron chi connectivity index (χ1n) is 10.7. The summed E-state index contributed by atoms with van der Waals surface area (Å²) in [7, 11) is 1.58. The van der Waals surface area contributed by atoms with Crippen molar-refractivity contribution >= 4 is 62.7 Å². The first-order chi connectivity index (χ1) is 16.4. The molecular formula is C26H25BrCl2N2O2S. The van der Waals surface area contributed by atoms with Gasteiger partial charge in [-0.25, -0.2) is 0 Å². The lowest BCUT2D eigenvalue weighted by Gasteiger charge is -2.31. The van der Waals surface area contributed by atoms with Gasteiger partial charge in [0.15, 0.2) is 0 Å². The van der Waals surface area contributed by atoms with Crippen molar-refractivity contribution in [3.8, 4) is 0 Å². The number of hydrogen-bond acceptors (Lipinski definition) is 3. The summed E-state index contributed by atoms with van der Waals surface area (Å²) in [5.74, 6) is 0.518. The van der Waals surface area contributed by atoms with Crippen molar-refractivity contribution in [3.05, 3.63) is 104 Å². The van der Waals surface area contributed by atoms with E-state index in [1.807, 2.05) is 54.6 Å². The molecular weight excluding hydrogens is 555 g/mol. The van der Waals surface area contributed by atoms with Gasteiger partial charge in [0.25, 0.3) is 0 Å². The number of nitrogens with one attached hydrogen (secondary N) is 1. The fraction of sp³-hybridized carbons (Fsp3) is 0.231. The van der Waals surface area contributed by atoms with E-state index in [0.29, 0.717) is 27.8 Å². The Morgan fingerprint density at radius 1 is 0.941 bits per heavy atom. The zero-order valence-corrected chi connectivity index (χ0v) is 22.6. The van der Waals surface area contributed by atoms with E-state index in [1.165, 1.54) is 11.8 Å². The minimum Gasteiger partial charge on any atom is -0.357 e. The molecule has 3 aromatic rings. The number of likely N-dealkylation sites (N-methyl/N-ethyl adjacent to an activating group) is 1. The number of hydrogen-bond donors (Lipinski definition) is 1. The quantitative estimate of drug-likeness (QED) is 0.303. The molecule has 0 aliphatic carbocycles. The average molecular weight is 580 g/mol. The van der Waals surface area contributed by atoms with Crippen LogP contribution in [0, 0.1) is 0 Å². The van der Waals surface area contributed by atoms with Crippen LogP contribution in [0.4, 0.5) is 0 Å². The van der Waals surface area contributed by atoms with Gasteiger partial charge in [-0.1, -0.05) is 87.7 Å². The van der Waals surface area contributed by atoms with Crippen molar-refractivity contribution in [3.63, 3.8) is 0 Å². The first-order valence-corrected chi connectivity index (χ1v) is 13.4.